The van der Waals surface area contributed by atoms with Gasteiger partial charge in [0, 0.05) is 25.7 Å². The number of nitrogens with two attached hydrogens (primary N) is 1. The first kappa shape index (κ1) is 38.7. The molecule has 282 valence electrons. The summed E-state index contributed by atoms with van der Waals surface area (Å²) in [6, 6.07) is 2.90. The first-order chi connectivity index (χ1) is 24.0. The molecule has 5 rings (SSSR count). The van der Waals surface area contributed by atoms with Crippen molar-refractivity contribution in [2.75, 3.05) is 13.1 Å². The van der Waals surface area contributed by atoms with Crippen molar-refractivity contribution in [1.82, 2.24) is 25.2 Å². The first-order valence-corrected chi connectivity index (χ1v) is 20.0. The van der Waals surface area contributed by atoms with Gasteiger partial charge in [0.15, 0.2) is 0 Å². The number of benzene rings is 1. The molecule has 2 aliphatic carbocycles. The largest absolute Gasteiger partial charge is 0.363 e. The van der Waals surface area contributed by atoms with Crippen molar-refractivity contribution in [2.45, 2.75) is 128 Å². The number of sulfonamides is 1. The third-order valence-electron chi connectivity index (χ3n) is 11.3. The highest BCUT2D eigenvalue weighted by atomic mass is 32.2. The van der Waals surface area contributed by atoms with Crippen LogP contribution in [0.15, 0.2) is 29.2 Å². The summed E-state index contributed by atoms with van der Waals surface area (Å²) < 4.78 is 28.4. The molecule has 3 fully saturated rings. The molecule has 14 heteroatoms. The molecule has 13 nitrogen and oxygen atoms in total. The number of rotatable bonds is 13. The van der Waals surface area contributed by atoms with E-state index in [-0.39, 0.29) is 41.7 Å². The molecule has 5 N–H and O–H groups in total. The van der Waals surface area contributed by atoms with Gasteiger partial charge in [-0.2, -0.15) is 4.31 Å². The average molecular weight is 729 g/mol. The molecule has 5 amide bonds. The van der Waals surface area contributed by atoms with Crippen molar-refractivity contribution in [1.29, 1.82) is 0 Å². The molecule has 0 bridgehead atoms. The van der Waals surface area contributed by atoms with E-state index < -0.39 is 69.1 Å². The number of Topliss-reactive ketones (excluding diaryl/α,β-unsaturated/α-hetero) is 1. The number of carbonyl (C=O) groups excluding carboxylic acids is 5. The SMILES string of the molecule is CC(C)[C@@H]1C[C@@H](C(=O)NC(CC2CC2)C(=O)C(N)=O)N(C(=O)[C@@H](NC(=O)N[C@H](CN2Cc3ccccc3S2(=O)=O)C2CCCCC2)C(C)(C)C)C1. The molecule has 1 unspecified atom stereocenters. The average Bonchev–Trinajstić information content (AvgIpc) is 3.71. The van der Waals surface area contributed by atoms with Gasteiger partial charge in [0.25, 0.3) is 5.91 Å². The van der Waals surface area contributed by atoms with Crippen LogP contribution in [0.25, 0.3) is 0 Å². The number of nitrogens with zero attached hydrogens (tertiary/aromatic N) is 2. The number of ketones is 1. The van der Waals surface area contributed by atoms with Gasteiger partial charge in [0.05, 0.1) is 10.9 Å². The molecule has 51 heavy (non-hydrogen) atoms. The number of hydrogen-bond acceptors (Lipinski definition) is 7. The fourth-order valence-corrected chi connectivity index (χ4v) is 9.55. The Kier molecular flexibility index (Phi) is 11.8. The lowest BCUT2D eigenvalue weighted by atomic mass is 9.83. The maximum absolute atomic E-state index is 14.5. The minimum atomic E-state index is -3.72. The van der Waals surface area contributed by atoms with Gasteiger partial charge in [-0.1, -0.05) is 84.9 Å². The van der Waals surface area contributed by atoms with Crippen LogP contribution in [0.1, 0.15) is 98.0 Å². The zero-order valence-electron chi connectivity index (χ0n) is 30.7. The Labute approximate surface area is 302 Å². The Balaban J connectivity index is 1.33. The molecule has 1 aromatic carbocycles. The van der Waals surface area contributed by atoms with Crippen molar-refractivity contribution in [3.63, 3.8) is 0 Å². The van der Waals surface area contributed by atoms with E-state index in [1.54, 1.807) is 18.2 Å². The van der Waals surface area contributed by atoms with E-state index in [2.05, 4.69) is 16.0 Å². The Bertz CT molecular complexity index is 1600. The van der Waals surface area contributed by atoms with Crippen LogP contribution in [0.5, 0.6) is 0 Å². The van der Waals surface area contributed by atoms with E-state index in [1.807, 2.05) is 40.7 Å². The third kappa shape index (κ3) is 9.11. The van der Waals surface area contributed by atoms with Crippen molar-refractivity contribution in [2.24, 2.45) is 34.8 Å². The van der Waals surface area contributed by atoms with Crippen LogP contribution in [0, 0.1) is 29.1 Å². The van der Waals surface area contributed by atoms with E-state index in [0.717, 1.165) is 50.5 Å². The van der Waals surface area contributed by atoms with Gasteiger partial charge in [-0.05, 0) is 66.4 Å². The molecule has 1 saturated heterocycles. The van der Waals surface area contributed by atoms with Crippen molar-refractivity contribution in [3.8, 4) is 0 Å². The maximum atomic E-state index is 14.5. The fraction of sp³-hybridized carbons (Fsp3) is 0.703. The lowest BCUT2D eigenvalue weighted by Gasteiger charge is -2.37. The molecule has 0 spiro atoms. The number of carbonyl (C=O) groups is 5. The fourth-order valence-electron chi connectivity index (χ4n) is 7.89. The second-order valence-corrected chi connectivity index (χ2v) is 18.4. The summed E-state index contributed by atoms with van der Waals surface area (Å²) >= 11 is 0. The zero-order valence-corrected chi connectivity index (χ0v) is 31.5. The molecule has 2 saturated carbocycles. The Hall–Kier alpha value is -3.52. The summed E-state index contributed by atoms with van der Waals surface area (Å²) in [7, 11) is -3.72. The van der Waals surface area contributed by atoms with Crippen LogP contribution >= 0.6 is 0 Å². The monoisotopic (exact) mass is 728 g/mol. The number of hydrogen-bond donors (Lipinski definition) is 4. The number of urea groups is 1. The third-order valence-corrected chi connectivity index (χ3v) is 13.2. The zero-order chi connectivity index (χ0) is 37.2. The topological polar surface area (TPSA) is 188 Å². The maximum Gasteiger partial charge on any atom is 0.315 e. The van der Waals surface area contributed by atoms with Gasteiger partial charge in [-0.15, -0.1) is 0 Å². The van der Waals surface area contributed by atoms with Crippen LogP contribution in [0.2, 0.25) is 0 Å². The quantitative estimate of drug-likeness (QED) is 0.225. The van der Waals surface area contributed by atoms with Gasteiger partial charge in [0.2, 0.25) is 27.6 Å². The van der Waals surface area contributed by atoms with E-state index in [4.69, 9.17) is 5.73 Å². The summed E-state index contributed by atoms with van der Waals surface area (Å²) in [6.45, 7) is 10.2. The van der Waals surface area contributed by atoms with E-state index in [9.17, 15) is 32.4 Å². The minimum Gasteiger partial charge on any atom is -0.363 e. The summed E-state index contributed by atoms with van der Waals surface area (Å²) in [5, 5.41) is 8.74. The molecule has 1 aromatic rings. The number of nitrogens with one attached hydrogen (secondary N) is 3. The Morgan fingerprint density at radius 3 is 2.18 bits per heavy atom. The molecule has 0 aromatic heterocycles. The van der Waals surface area contributed by atoms with Crippen LogP contribution < -0.4 is 21.7 Å². The predicted molar refractivity (Wildman–Crippen MR) is 191 cm³/mol. The molecular formula is C37H56N6O7S. The highest BCUT2D eigenvalue weighted by Crippen LogP contribution is 2.36. The number of amides is 5. The molecule has 5 atom stereocenters. The van der Waals surface area contributed by atoms with E-state index in [1.165, 1.54) is 9.21 Å². The summed E-state index contributed by atoms with van der Waals surface area (Å²) in [6.07, 6.45) is 7.28. The molecule has 0 radical (unpaired) electrons. The second-order valence-electron chi connectivity index (χ2n) is 16.5. The minimum absolute atomic E-state index is 0.00455. The van der Waals surface area contributed by atoms with Crippen LogP contribution in [0.4, 0.5) is 4.79 Å². The molecule has 2 heterocycles. The highest BCUT2D eigenvalue weighted by Gasteiger charge is 2.47. The van der Waals surface area contributed by atoms with Crippen molar-refractivity contribution < 1.29 is 32.4 Å². The summed E-state index contributed by atoms with van der Waals surface area (Å²) in [4.78, 5) is 68.4. The lowest BCUT2D eigenvalue weighted by Crippen LogP contribution is -2.61. The second kappa shape index (κ2) is 15.6. The highest BCUT2D eigenvalue weighted by molar-refractivity contribution is 7.89. The Morgan fingerprint density at radius 2 is 1.59 bits per heavy atom. The first-order valence-electron chi connectivity index (χ1n) is 18.6. The van der Waals surface area contributed by atoms with Crippen LogP contribution in [0.3, 0.4) is 0 Å². The van der Waals surface area contributed by atoms with E-state index in [0.29, 0.717) is 19.4 Å². The van der Waals surface area contributed by atoms with Gasteiger partial charge >= 0.3 is 6.03 Å². The summed E-state index contributed by atoms with van der Waals surface area (Å²) in [5.74, 6) is -2.46. The van der Waals surface area contributed by atoms with Crippen LogP contribution in [-0.4, -0.2) is 84.4 Å². The van der Waals surface area contributed by atoms with Crippen molar-refractivity contribution in [3.05, 3.63) is 29.8 Å². The molecule has 2 aliphatic heterocycles. The lowest BCUT2D eigenvalue weighted by molar-refractivity contribution is -0.143. The number of fused-ring (bicyclic) bond motifs is 1. The normalized spacial score (nSPS) is 24.0. The number of likely N-dealkylation sites (tertiary alicyclic amines) is 1. The van der Waals surface area contributed by atoms with Gasteiger partial charge < -0.3 is 26.6 Å². The van der Waals surface area contributed by atoms with Crippen LogP contribution in [-0.2, 0) is 35.7 Å². The van der Waals surface area contributed by atoms with Gasteiger partial charge in [0.1, 0.15) is 12.1 Å². The van der Waals surface area contributed by atoms with Crippen molar-refractivity contribution >= 4 is 39.6 Å². The standard InChI is InChI=1S/C37H56N6O7S/c1-22(2)26-18-29(34(46)39-27(17-23-15-16-23)31(44)33(38)45)43(20-26)35(47)32(37(3,4)5)41-36(48)40-28(24-11-7-6-8-12-24)21-42-19-25-13-9-10-14-30(25)51(42,49)50/h9-10,13-14,22-24,26-29,32H,6-8,11-12,15-21H2,1-5H3,(H2,38,45)(H,39,46)(H2,40,41,48)/t26-,27?,28-,29+,32-/m1/s1. The smallest absolute Gasteiger partial charge is 0.315 e. The summed E-state index contributed by atoms with van der Waals surface area (Å²) in [5.41, 5.74) is 5.28. The molecular weight excluding hydrogens is 673 g/mol. The van der Waals surface area contributed by atoms with E-state index >= 15 is 0 Å². The predicted octanol–water partition coefficient (Wildman–Crippen LogP) is 3.07. The van der Waals surface area contributed by atoms with Gasteiger partial charge in [-0.3, -0.25) is 19.2 Å². The Morgan fingerprint density at radius 1 is 0.922 bits per heavy atom. The molecule has 4 aliphatic rings. The number of primary amides is 1. The van der Waals surface area contributed by atoms with Gasteiger partial charge in [-0.25, -0.2) is 13.2 Å².